The van der Waals surface area contributed by atoms with Crippen molar-refractivity contribution in [1.29, 1.82) is 0 Å². The largest absolute Gasteiger partial charge is 0.271 e. The Labute approximate surface area is 83.1 Å². The van der Waals surface area contributed by atoms with E-state index in [4.69, 9.17) is 12.3 Å². The van der Waals surface area contributed by atoms with E-state index in [0.29, 0.717) is 6.42 Å². The van der Waals surface area contributed by atoms with Gasteiger partial charge >= 0.3 is 0 Å². The second-order valence-corrected chi connectivity index (χ2v) is 4.30. The van der Waals surface area contributed by atoms with Gasteiger partial charge in [-0.1, -0.05) is 0 Å². The molecule has 1 unspecified atom stereocenters. The molecule has 0 aliphatic rings. The van der Waals surface area contributed by atoms with Crippen molar-refractivity contribution in [3.8, 4) is 12.3 Å². The Morgan fingerprint density at radius 1 is 1.69 bits per heavy atom. The molecule has 3 heteroatoms. The summed E-state index contributed by atoms with van der Waals surface area (Å²) in [7, 11) is 0. The molecule has 0 saturated carbocycles. The van der Waals surface area contributed by atoms with E-state index < -0.39 is 0 Å². The van der Waals surface area contributed by atoms with Crippen LogP contribution in [0.2, 0.25) is 0 Å². The van der Waals surface area contributed by atoms with Crippen molar-refractivity contribution in [3.05, 3.63) is 21.4 Å². The molecular formula is C10H14N2S. The molecule has 0 amide bonds. The van der Waals surface area contributed by atoms with Crippen molar-refractivity contribution in [3.63, 3.8) is 0 Å². The molecule has 0 aromatic carbocycles. The first-order valence-electron chi connectivity index (χ1n) is 4.15. The zero-order valence-corrected chi connectivity index (χ0v) is 8.74. The number of terminal acetylenes is 1. The molecule has 3 N–H and O–H groups in total. The topological polar surface area (TPSA) is 38.0 Å². The highest BCUT2D eigenvalue weighted by atomic mass is 32.1. The van der Waals surface area contributed by atoms with E-state index in [1.165, 1.54) is 15.3 Å². The van der Waals surface area contributed by atoms with Gasteiger partial charge in [0.25, 0.3) is 0 Å². The summed E-state index contributed by atoms with van der Waals surface area (Å²) in [6.45, 7) is 4.20. The minimum Gasteiger partial charge on any atom is -0.271 e. The van der Waals surface area contributed by atoms with Crippen LogP contribution in [-0.4, -0.2) is 0 Å². The Bertz CT molecular complexity index is 303. The monoisotopic (exact) mass is 194 g/mol. The number of aryl methyl sites for hydroxylation is 2. The van der Waals surface area contributed by atoms with Crippen molar-refractivity contribution < 1.29 is 0 Å². The number of hydrogen-bond acceptors (Lipinski definition) is 3. The Kier molecular flexibility index (Phi) is 3.49. The molecule has 1 aromatic heterocycles. The maximum atomic E-state index is 5.41. The van der Waals surface area contributed by atoms with Gasteiger partial charge in [-0.15, -0.1) is 23.7 Å². The molecule has 1 heterocycles. The van der Waals surface area contributed by atoms with Crippen molar-refractivity contribution >= 4 is 11.3 Å². The van der Waals surface area contributed by atoms with Crippen LogP contribution in [0.4, 0.5) is 0 Å². The van der Waals surface area contributed by atoms with E-state index in [9.17, 15) is 0 Å². The molecule has 0 aliphatic heterocycles. The zero-order chi connectivity index (χ0) is 9.84. The van der Waals surface area contributed by atoms with Gasteiger partial charge in [-0.2, -0.15) is 0 Å². The van der Waals surface area contributed by atoms with E-state index in [1.54, 1.807) is 11.3 Å². The summed E-state index contributed by atoms with van der Waals surface area (Å²) >= 11 is 1.75. The molecule has 1 aromatic rings. The van der Waals surface area contributed by atoms with E-state index in [-0.39, 0.29) is 6.04 Å². The summed E-state index contributed by atoms with van der Waals surface area (Å²) in [6.07, 6.45) is 5.88. The highest BCUT2D eigenvalue weighted by Crippen LogP contribution is 2.27. The number of hydrogen-bond donors (Lipinski definition) is 2. The minimum atomic E-state index is 0.0994. The Morgan fingerprint density at radius 2 is 2.38 bits per heavy atom. The quantitative estimate of drug-likeness (QED) is 0.438. The third-order valence-corrected chi connectivity index (χ3v) is 3.32. The van der Waals surface area contributed by atoms with Gasteiger partial charge in [0, 0.05) is 16.2 Å². The van der Waals surface area contributed by atoms with E-state index >= 15 is 0 Å². The molecule has 0 saturated heterocycles. The SMILES string of the molecule is C#CCC(NN)c1cc(C)c(C)s1. The predicted octanol–water partition coefficient (Wildman–Crippen LogP) is 1.89. The molecule has 13 heavy (non-hydrogen) atoms. The maximum Gasteiger partial charge on any atom is 0.0662 e. The van der Waals surface area contributed by atoms with Crippen LogP contribution in [0, 0.1) is 26.2 Å². The van der Waals surface area contributed by atoms with E-state index in [2.05, 4.69) is 31.3 Å². The lowest BCUT2D eigenvalue weighted by atomic mass is 10.1. The van der Waals surface area contributed by atoms with Crippen LogP contribution in [0.1, 0.15) is 27.8 Å². The Balaban J connectivity index is 2.86. The fraction of sp³-hybridized carbons (Fsp3) is 0.400. The third kappa shape index (κ3) is 2.31. The van der Waals surface area contributed by atoms with Crippen molar-refractivity contribution in [2.45, 2.75) is 26.3 Å². The molecule has 0 aliphatic carbocycles. The van der Waals surface area contributed by atoms with Crippen LogP contribution >= 0.6 is 11.3 Å². The fourth-order valence-electron chi connectivity index (χ4n) is 1.13. The summed E-state index contributed by atoms with van der Waals surface area (Å²) in [6, 6.07) is 2.24. The number of rotatable bonds is 3. The van der Waals surface area contributed by atoms with Gasteiger partial charge in [0.15, 0.2) is 0 Å². The van der Waals surface area contributed by atoms with Crippen LogP contribution in [-0.2, 0) is 0 Å². The summed E-state index contributed by atoms with van der Waals surface area (Å²) in [5.74, 6) is 8.02. The summed E-state index contributed by atoms with van der Waals surface area (Å²) < 4.78 is 0. The summed E-state index contributed by atoms with van der Waals surface area (Å²) in [5.41, 5.74) is 4.03. The van der Waals surface area contributed by atoms with Gasteiger partial charge in [-0.3, -0.25) is 11.3 Å². The highest BCUT2D eigenvalue weighted by molar-refractivity contribution is 7.12. The lowest BCUT2D eigenvalue weighted by molar-refractivity contribution is 0.577. The lowest BCUT2D eigenvalue weighted by Gasteiger charge is -2.09. The van der Waals surface area contributed by atoms with Crippen LogP contribution in [0.15, 0.2) is 6.07 Å². The molecule has 0 fully saturated rings. The van der Waals surface area contributed by atoms with Crippen LogP contribution in [0.25, 0.3) is 0 Å². The summed E-state index contributed by atoms with van der Waals surface area (Å²) in [4.78, 5) is 2.54. The van der Waals surface area contributed by atoms with Crippen molar-refractivity contribution in [2.24, 2.45) is 5.84 Å². The number of nitrogens with one attached hydrogen (secondary N) is 1. The number of hydrazine groups is 1. The average molecular weight is 194 g/mol. The normalized spacial score (nSPS) is 12.5. The highest BCUT2D eigenvalue weighted by Gasteiger charge is 2.11. The van der Waals surface area contributed by atoms with E-state index in [1.807, 2.05) is 0 Å². The first-order valence-corrected chi connectivity index (χ1v) is 4.97. The first kappa shape index (κ1) is 10.3. The van der Waals surface area contributed by atoms with Crippen molar-refractivity contribution in [2.75, 3.05) is 0 Å². The molecule has 1 atom stereocenters. The van der Waals surface area contributed by atoms with Crippen LogP contribution in [0.3, 0.4) is 0 Å². The second-order valence-electron chi connectivity index (χ2n) is 3.02. The minimum absolute atomic E-state index is 0.0994. The number of thiophene rings is 1. The van der Waals surface area contributed by atoms with Gasteiger partial charge in [0.05, 0.1) is 6.04 Å². The second kappa shape index (κ2) is 4.43. The fourth-order valence-corrected chi connectivity index (χ4v) is 2.24. The molecule has 1 rings (SSSR count). The van der Waals surface area contributed by atoms with Gasteiger partial charge in [-0.25, -0.2) is 0 Å². The molecule has 0 radical (unpaired) electrons. The van der Waals surface area contributed by atoms with Crippen LogP contribution in [0.5, 0.6) is 0 Å². The third-order valence-electron chi connectivity index (χ3n) is 2.05. The van der Waals surface area contributed by atoms with Gasteiger partial charge in [0.1, 0.15) is 0 Å². The Hall–Kier alpha value is -0.820. The molecule has 2 nitrogen and oxygen atoms in total. The zero-order valence-electron chi connectivity index (χ0n) is 7.92. The van der Waals surface area contributed by atoms with Crippen molar-refractivity contribution in [1.82, 2.24) is 5.43 Å². The van der Waals surface area contributed by atoms with Gasteiger partial charge in [0.2, 0.25) is 0 Å². The Morgan fingerprint density at radius 3 is 2.77 bits per heavy atom. The maximum absolute atomic E-state index is 5.41. The molecular weight excluding hydrogens is 180 g/mol. The smallest absolute Gasteiger partial charge is 0.0662 e. The standard InChI is InChI=1S/C10H14N2S/c1-4-5-9(12-11)10-6-7(2)8(3)13-10/h1,6,9,12H,5,11H2,2-3H3. The summed E-state index contributed by atoms with van der Waals surface area (Å²) in [5, 5.41) is 0. The van der Waals surface area contributed by atoms with Crippen LogP contribution < -0.4 is 11.3 Å². The first-order chi connectivity index (χ1) is 6.19. The molecule has 70 valence electrons. The predicted molar refractivity (Wildman–Crippen MR) is 57.3 cm³/mol. The number of nitrogens with two attached hydrogens (primary N) is 1. The van der Waals surface area contributed by atoms with E-state index in [0.717, 1.165) is 0 Å². The van der Waals surface area contributed by atoms with Gasteiger partial charge in [-0.05, 0) is 25.5 Å². The molecule has 0 bridgehead atoms. The average Bonchev–Trinajstić information content (AvgIpc) is 2.43. The molecule has 0 spiro atoms. The lowest BCUT2D eigenvalue weighted by Crippen LogP contribution is -2.26. The van der Waals surface area contributed by atoms with Gasteiger partial charge < -0.3 is 0 Å².